The average Bonchev–Trinajstić information content (AvgIpc) is 2.94. The molecule has 1 N–H and O–H groups in total. The quantitative estimate of drug-likeness (QED) is 0.548. The van der Waals surface area contributed by atoms with Gasteiger partial charge in [-0.15, -0.1) is 0 Å². The molecule has 0 amide bonds. The molecular formula is C20H25NO6. The Hall–Kier alpha value is -2.38. The van der Waals surface area contributed by atoms with Gasteiger partial charge in [0.2, 0.25) is 5.78 Å². The minimum atomic E-state index is -0.776. The lowest BCUT2D eigenvalue weighted by molar-refractivity contribution is -0.141. The van der Waals surface area contributed by atoms with Crippen molar-refractivity contribution in [3.05, 3.63) is 41.2 Å². The molecule has 2 heterocycles. The van der Waals surface area contributed by atoms with Crippen LogP contribution in [-0.2, 0) is 19.1 Å². The van der Waals surface area contributed by atoms with E-state index in [-0.39, 0.29) is 17.9 Å². The van der Waals surface area contributed by atoms with Gasteiger partial charge in [-0.25, -0.2) is 4.79 Å². The third-order valence-electron chi connectivity index (χ3n) is 4.70. The number of rotatable bonds is 8. The van der Waals surface area contributed by atoms with E-state index in [1.165, 1.54) is 0 Å². The highest BCUT2D eigenvalue weighted by Gasteiger charge is 2.38. The van der Waals surface area contributed by atoms with Gasteiger partial charge in [0, 0.05) is 13.1 Å². The Bertz CT molecular complexity index is 723. The van der Waals surface area contributed by atoms with E-state index < -0.39 is 17.9 Å². The molecule has 1 fully saturated rings. The number of carbonyl (C=O) groups excluding carboxylic acids is 2. The maximum atomic E-state index is 12.3. The van der Waals surface area contributed by atoms with Gasteiger partial charge in [-0.2, -0.15) is 0 Å². The van der Waals surface area contributed by atoms with Crippen LogP contribution in [0.2, 0.25) is 0 Å². The molecule has 0 aliphatic carbocycles. The van der Waals surface area contributed by atoms with Crippen LogP contribution in [0, 0.1) is 6.92 Å². The van der Waals surface area contributed by atoms with Gasteiger partial charge in [0.05, 0.1) is 13.2 Å². The summed E-state index contributed by atoms with van der Waals surface area (Å²) < 4.78 is 15.9. The Morgan fingerprint density at radius 2 is 2.11 bits per heavy atom. The summed E-state index contributed by atoms with van der Waals surface area (Å²) in [6.45, 7) is 5.65. The predicted molar refractivity (Wildman–Crippen MR) is 97.7 cm³/mol. The molecular weight excluding hydrogens is 350 g/mol. The van der Waals surface area contributed by atoms with Crippen molar-refractivity contribution in [2.24, 2.45) is 0 Å². The molecule has 1 saturated heterocycles. The third-order valence-corrected chi connectivity index (χ3v) is 4.70. The molecule has 7 heteroatoms. The number of esters is 1. The number of aryl methyl sites for hydroxylation is 1. The number of cyclic esters (lactones) is 1. The molecule has 3 rings (SSSR count). The van der Waals surface area contributed by atoms with Crippen LogP contribution in [0.4, 0.5) is 0 Å². The van der Waals surface area contributed by atoms with Crippen LogP contribution in [0.5, 0.6) is 5.75 Å². The molecule has 2 aliphatic heterocycles. The van der Waals surface area contributed by atoms with Gasteiger partial charge >= 0.3 is 5.97 Å². The van der Waals surface area contributed by atoms with E-state index in [0.29, 0.717) is 12.2 Å². The Balaban J connectivity index is 1.52. The van der Waals surface area contributed by atoms with E-state index in [9.17, 15) is 14.7 Å². The minimum Gasteiger partial charge on any atom is -0.507 e. The largest absolute Gasteiger partial charge is 0.507 e. The predicted octanol–water partition coefficient (Wildman–Crippen LogP) is 1.79. The van der Waals surface area contributed by atoms with Gasteiger partial charge < -0.3 is 19.3 Å². The highest BCUT2D eigenvalue weighted by Crippen LogP contribution is 2.25. The number of hydrogen-bond donors (Lipinski definition) is 1. The molecule has 2 aliphatic rings. The Morgan fingerprint density at radius 1 is 1.33 bits per heavy atom. The average molecular weight is 375 g/mol. The molecule has 1 aromatic rings. The topological polar surface area (TPSA) is 85.3 Å². The molecule has 0 spiro atoms. The van der Waals surface area contributed by atoms with E-state index in [0.717, 1.165) is 44.8 Å². The number of nitrogens with zero attached hydrogens (tertiary/aromatic N) is 1. The smallest absolute Gasteiger partial charge is 0.346 e. The number of ether oxygens (including phenoxy) is 3. The molecule has 27 heavy (non-hydrogen) atoms. The van der Waals surface area contributed by atoms with Crippen LogP contribution in [0.25, 0.3) is 0 Å². The van der Waals surface area contributed by atoms with Gasteiger partial charge in [0.25, 0.3) is 0 Å². The minimum absolute atomic E-state index is 0.278. The number of morpholine rings is 1. The molecule has 7 nitrogen and oxygen atoms in total. The lowest BCUT2D eigenvalue weighted by Gasteiger charge is -2.26. The van der Waals surface area contributed by atoms with E-state index >= 15 is 0 Å². The van der Waals surface area contributed by atoms with E-state index in [2.05, 4.69) is 4.90 Å². The normalized spacial score (nSPS) is 20.6. The first-order valence-electron chi connectivity index (χ1n) is 9.21. The molecule has 146 valence electrons. The van der Waals surface area contributed by atoms with Crippen LogP contribution < -0.4 is 4.74 Å². The van der Waals surface area contributed by atoms with Crippen LogP contribution in [-0.4, -0.2) is 67.3 Å². The SMILES string of the molecule is Cc1cccc(OCC(=O)C2=C(O)C(CCCN3CCOCC3)OC2=O)c1. The summed E-state index contributed by atoms with van der Waals surface area (Å²) in [5.74, 6) is -1.09. The molecule has 1 atom stereocenters. The third kappa shape index (κ3) is 5.08. The standard InChI is InChI=1S/C20H25NO6/c1-14-4-2-5-15(12-14)26-13-16(22)18-19(23)17(27-20(18)24)6-3-7-21-8-10-25-11-9-21/h2,4-5,12,17,23H,3,6-11,13H2,1H3. The van der Waals surface area contributed by atoms with Gasteiger partial charge in [0.1, 0.15) is 11.3 Å². The van der Waals surface area contributed by atoms with Crippen molar-refractivity contribution >= 4 is 11.8 Å². The van der Waals surface area contributed by atoms with E-state index in [1.807, 2.05) is 19.1 Å². The first-order chi connectivity index (χ1) is 13.0. The fourth-order valence-corrected chi connectivity index (χ4v) is 3.21. The monoisotopic (exact) mass is 375 g/mol. The Morgan fingerprint density at radius 3 is 2.85 bits per heavy atom. The second-order valence-electron chi connectivity index (χ2n) is 6.78. The maximum Gasteiger partial charge on any atom is 0.346 e. The Labute approximate surface area is 158 Å². The van der Waals surface area contributed by atoms with Crippen LogP contribution in [0.1, 0.15) is 18.4 Å². The van der Waals surface area contributed by atoms with Crippen molar-refractivity contribution in [3.8, 4) is 5.75 Å². The molecule has 0 saturated carbocycles. The van der Waals surface area contributed by atoms with Gasteiger partial charge in [-0.3, -0.25) is 9.69 Å². The molecule has 0 aromatic heterocycles. The van der Waals surface area contributed by atoms with E-state index in [4.69, 9.17) is 14.2 Å². The summed E-state index contributed by atoms with van der Waals surface area (Å²) in [7, 11) is 0. The zero-order chi connectivity index (χ0) is 19.2. The number of ketones is 1. The van der Waals surface area contributed by atoms with Crippen molar-refractivity contribution in [2.45, 2.75) is 25.9 Å². The van der Waals surface area contributed by atoms with Gasteiger partial charge in [-0.05, 0) is 44.0 Å². The first-order valence-corrected chi connectivity index (χ1v) is 9.21. The van der Waals surface area contributed by atoms with Crippen molar-refractivity contribution in [3.63, 3.8) is 0 Å². The summed E-state index contributed by atoms with van der Waals surface area (Å²) in [6, 6.07) is 7.26. The number of benzene rings is 1. The number of hydrogen-bond acceptors (Lipinski definition) is 7. The fraction of sp³-hybridized carbons (Fsp3) is 0.500. The number of Topliss-reactive ketones (excluding diaryl/α,β-unsaturated/α-hetero) is 1. The number of carbonyl (C=O) groups is 2. The second-order valence-corrected chi connectivity index (χ2v) is 6.78. The number of aliphatic hydroxyl groups excluding tert-OH is 1. The summed E-state index contributed by atoms with van der Waals surface area (Å²) in [4.78, 5) is 26.6. The first kappa shape index (κ1) is 19.4. The van der Waals surface area contributed by atoms with Crippen molar-refractivity contribution < 1.29 is 28.9 Å². The molecule has 0 bridgehead atoms. The van der Waals surface area contributed by atoms with Gasteiger partial charge in [0.15, 0.2) is 18.5 Å². The zero-order valence-corrected chi connectivity index (χ0v) is 15.5. The lowest BCUT2D eigenvalue weighted by Crippen LogP contribution is -2.37. The highest BCUT2D eigenvalue weighted by atomic mass is 16.6. The van der Waals surface area contributed by atoms with Gasteiger partial charge in [-0.1, -0.05) is 12.1 Å². The van der Waals surface area contributed by atoms with Crippen molar-refractivity contribution in [2.75, 3.05) is 39.5 Å². The summed E-state index contributed by atoms with van der Waals surface area (Å²) in [5.41, 5.74) is 0.710. The van der Waals surface area contributed by atoms with Crippen LogP contribution in [0.15, 0.2) is 35.6 Å². The van der Waals surface area contributed by atoms with Crippen LogP contribution in [0.3, 0.4) is 0 Å². The van der Waals surface area contributed by atoms with E-state index in [1.54, 1.807) is 12.1 Å². The van der Waals surface area contributed by atoms with Crippen molar-refractivity contribution in [1.82, 2.24) is 4.90 Å². The van der Waals surface area contributed by atoms with Crippen LogP contribution >= 0.6 is 0 Å². The molecule has 1 aromatic carbocycles. The highest BCUT2D eigenvalue weighted by molar-refractivity contribution is 6.19. The molecule has 0 radical (unpaired) electrons. The van der Waals surface area contributed by atoms with Crippen molar-refractivity contribution in [1.29, 1.82) is 0 Å². The zero-order valence-electron chi connectivity index (χ0n) is 15.5. The lowest BCUT2D eigenvalue weighted by atomic mass is 10.1. The fourth-order valence-electron chi connectivity index (χ4n) is 3.21. The summed E-state index contributed by atoms with van der Waals surface area (Å²) >= 11 is 0. The summed E-state index contributed by atoms with van der Waals surface area (Å²) in [6.07, 6.45) is 0.477. The molecule has 1 unspecified atom stereocenters. The second kappa shape index (κ2) is 9.01. The Kier molecular flexibility index (Phi) is 6.47. The maximum absolute atomic E-state index is 12.3. The number of aliphatic hydroxyl groups is 1. The summed E-state index contributed by atoms with van der Waals surface area (Å²) in [5, 5.41) is 10.3.